The first kappa shape index (κ1) is 11.5. The Labute approximate surface area is 112 Å². The van der Waals surface area contributed by atoms with Gasteiger partial charge in [0.2, 0.25) is 0 Å². The second-order valence-electron chi connectivity index (χ2n) is 5.46. The summed E-state index contributed by atoms with van der Waals surface area (Å²) in [6.07, 6.45) is 1.42. The smallest absolute Gasteiger partial charge is 0.0396 e. The first-order valence-corrected chi connectivity index (χ1v) is 7.23. The van der Waals surface area contributed by atoms with Gasteiger partial charge in [-0.1, -0.05) is 15.9 Å². The summed E-state index contributed by atoms with van der Waals surface area (Å²) in [5.41, 5.74) is 2.80. The van der Waals surface area contributed by atoms with Crippen LogP contribution in [-0.4, -0.2) is 26.2 Å². The number of nitrogens with zero attached hydrogens (tertiary/aromatic N) is 1. The van der Waals surface area contributed by atoms with E-state index in [2.05, 4.69) is 51.3 Å². The molecule has 2 aliphatic heterocycles. The van der Waals surface area contributed by atoms with Gasteiger partial charge in [-0.2, -0.15) is 0 Å². The van der Waals surface area contributed by atoms with Crippen LogP contribution in [0.1, 0.15) is 12.0 Å². The normalized spacial score (nSPS) is 28.2. The number of fused-ring (bicyclic) bond motifs is 2. The molecule has 2 unspecified atom stereocenters. The van der Waals surface area contributed by atoms with Crippen molar-refractivity contribution in [3.8, 4) is 0 Å². The molecule has 1 aromatic carbocycles. The van der Waals surface area contributed by atoms with Crippen molar-refractivity contribution in [2.24, 2.45) is 11.8 Å². The molecule has 2 aliphatic rings. The molecule has 3 rings (SSSR count). The highest BCUT2D eigenvalue weighted by molar-refractivity contribution is 9.10. The van der Waals surface area contributed by atoms with Crippen LogP contribution in [0.3, 0.4) is 0 Å². The van der Waals surface area contributed by atoms with Crippen molar-refractivity contribution in [3.63, 3.8) is 0 Å². The molecule has 0 aliphatic carbocycles. The third kappa shape index (κ3) is 2.36. The van der Waals surface area contributed by atoms with Gasteiger partial charge in [0.05, 0.1) is 0 Å². The van der Waals surface area contributed by atoms with E-state index < -0.39 is 0 Å². The van der Waals surface area contributed by atoms with Crippen LogP contribution in [-0.2, 0) is 0 Å². The molecule has 0 aromatic heterocycles. The number of nitrogens with one attached hydrogen (secondary N) is 1. The third-order valence-electron chi connectivity index (χ3n) is 3.99. The molecule has 2 heterocycles. The highest BCUT2D eigenvalue weighted by Gasteiger charge is 2.30. The number of halogens is 1. The predicted octanol–water partition coefficient (Wildman–Crippen LogP) is 2.80. The van der Waals surface area contributed by atoms with Crippen molar-refractivity contribution in [3.05, 3.63) is 28.2 Å². The first-order valence-electron chi connectivity index (χ1n) is 6.44. The summed E-state index contributed by atoms with van der Waals surface area (Å²) >= 11 is 3.54. The second kappa shape index (κ2) is 4.62. The molecular weight excluding hydrogens is 276 g/mol. The minimum Gasteiger partial charge on any atom is -0.371 e. The highest BCUT2D eigenvalue weighted by Crippen LogP contribution is 2.31. The van der Waals surface area contributed by atoms with Gasteiger partial charge in [0.15, 0.2) is 0 Å². The molecule has 3 heteroatoms. The maximum Gasteiger partial charge on any atom is 0.0396 e. The summed E-state index contributed by atoms with van der Waals surface area (Å²) in [7, 11) is 0. The van der Waals surface area contributed by atoms with E-state index in [0.29, 0.717) is 0 Å². The zero-order valence-corrected chi connectivity index (χ0v) is 11.8. The topological polar surface area (TPSA) is 15.3 Å². The molecule has 2 nitrogen and oxygen atoms in total. The van der Waals surface area contributed by atoms with Gasteiger partial charge in [-0.25, -0.2) is 0 Å². The molecule has 0 saturated carbocycles. The zero-order chi connectivity index (χ0) is 11.8. The van der Waals surface area contributed by atoms with Crippen molar-refractivity contribution in [1.29, 1.82) is 0 Å². The Hall–Kier alpha value is -0.540. The van der Waals surface area contributed by atoms with Gasteiger partial charge in [-0.15, -0.1) is 0 Å². The van der Waals surface area contributed by atoms with Gasteiger partial charge in [0.25, 0.3) is 0 Å². The van der Waals surface area contributed by atoms with Crippen LogP contribution in [0, 0.1) is 18.8 Å². The summed E-state index contributed by atoms with van der Waals surface area (Å²) in [4.78, 5) is 2.58. The maximum absolute atomic E-state index is 3.55. The Morgan fingerprint density at radius 1 is 1.24 bits per heavy atom. The van der Waals surface area contributed by atoms with E-state index in [9.17, 15) is 0 Å². The van der Waals surface area contributed by atoms with Gasteiger partial charge in [0, 0.05) is 23.2 Å². The number of piperidine rings is 2. The van der Waals surface area contributed by atoms with E-state index in [1.165, 1.54) is 48.3 Å². The predicted molar refractivity (Wildman–Crippen MR) is 75.6 cm³/mol. The molecule has 2 bridgehead atoms. The lowest BCUT2D eigenvalue weighted by atomic mass is 9.85. The Kier molecular flexibility index (Phi) is 3.14. The highest BCUT2D eigenvalue weighted by atomic mass is 79.9. The second-order valence-corrected chi connectivity index (χ2v) is 6.38. The quantitative estimate of drug-likeness (QED) is 0.857. The fourth-order valence-corrected chi connectivity index (χ4v) is 3.75. The standard InChI is InChI=1S/C14H19BrN2/c1-10-4-13(15)2-3-14(10)17-8-11-5-12(9-17)7-16-6-11/h2-4,11-12,16H,5-9H2,1H3. The van der Waals surface area contributed by atoms with Crippen LogP contribution in [0.15, 0.2) is 22.7 Å². The van der Waals surface area contributed by atoms with Crippen LogP contribution in [0.4, 0.5) is 5.69 Å². The molecular formula is C14H19BrN2. The summed E-state index contributed by atoms with van der Waals surface area (Å²) in [5.74, 6) is 1.68. The lowest BCUT2D eigenvalue weighted by molar-refractivity contribution is 0.249. The van der Waals surface area contributed by atoms with E-state index >= 15 is 0 Å². The molecule has 92 valence electrons. The summed E-state index contributed by atoms with van der Waals surface area (Å²) < 4.78 is 1.18. The zero-order valence-electron chi connectivity index (χ0n) is 10.2. The van der Waals surface area contributed by atoms with Crippen molar-refractivity contribution < 1.29 is 0 Å². The fraction of sp³-hybridized carbons (Fsp3) is 0.571. The first-order chi connectivity index (χ1) is 8.22. The van der Waals surface area contributed by atoms with Crippen LogP contribution in [0.5, 0.6) is 0 Å². The van der Waals surface area contributed by atoms with Gasteiger partial charge >= 0.3 is 0 Å². The van der Waals surface area contributed by atoms with Crippen molar-refractivity contribution in [1.82, 2.24) is 5.32 Å². The molecule has 0 amide bonds. The van der Waals surface area contributed by atoms with E-state index in [0.717, 1.165) is 11.8 Å². The van der Waals surface area contributed by atoms with Crippen LogP contribution in [0.2, 0.25) is 0 Å². The van der Waals surface area contributed by atoms with Crippen LogP contribution in [0.25, 0.3) is 0 Å². The van der Waals surface area contributed by atoms with Crippen LogP contribution < -0.4 is 10.2 Å². The monoisotopic (exact) mass is 294 g/mol. The number of benzene rings is 1. The number of aryl methyl sites for hydroxylation is 1. The van der Waals surface area contributed by atoms with E-state index in [1.807, 2.05) is 0 Å². The average Bonchev–Trinajstić information content (AvgIpc) is 2.28. The molecule has 1 N–H and O–H groups in total. The van der Waals surface area contributed by atoms with Crippen molar-refractivity contribution in [2.45, 2.75) is 13.3 Å². The Morgan fingerprint density at radius 2 is 1.94 bits per heavy atom. The summed E-state index contributed by atoms with van der Waals surface area (Å²) in [6.45, 7) is 7.03. The number of anilines is 1. The molecule has 0 spiro atoms. The minimum absolute atomic E-state index is 0.838. The van der Waals surface area contributed by atoms with Crippen molar-refractivity contribution >= 4 is 21.6 Å². The molecule has 2 saturated heterocycles. The minimum atomic E-state index is 0.838. The maximum atomic E-state index is 3.55. The molecule has 2 atom stereocenters. The molecule has 0 radical (unpaired) electrons. The number of hydrogen-bond acceptors (Lipinski definition) is 2. The SMILES string of the molecule is Cc1cc(Br)ccc1N1CC2CNCC(C2)C1. The largest absolute Gasteiger partial charge is 0.371 e. The lowest BCUT2D eigenvalue weighted by Gasteiger charge is -2.43. The number of rotatable bonds is 1. The Bertz CT molecular complexity index is 407. The summed E-state index contributed by atoms with van der Waals surface area (Å²) in [6, 6.07) is 6.64. The molecule has 2 fully saturated rings. The van der Waals surface area contributed by atoms with E-state index in [4.69, 9.17) is 0 Å². The van der Waals surface area contributed by atoms with Gasteiger partial charge < -0.3 is 10.2 Å². The van der Waals surface area contributed by atoms with Crippen LogP contribution >= 0.6 is 15.9 Å². The van der Waals surface area contributed by atoms with Gasteiger partial charge in [-0.05, 0) is 62.0 Å². The Balaban J connectivity index is 1.84. The fourth-order valence-electron chi connectivity index (χ4n) is 3.28. The molecule has 1 aromatic rings. The van der Waals surface area contributed by atoms with Gasteiger partial charge in [0.1, 0.15) is 0 Å². The number of hydrogen-bond donors (Lipinski definition) is 1. The van der Waals surface area contributed by atoms with E-state index in [-0.39, 0.29) is 0 Å². The average molecular weight is 295 g/mol. The third-order valence-corrected chi connectivity index (χ3v) is 4.48. The van der Waals surface area contributed by atoms with E-state index in [1.54, 1.807) is 0 Å². The van der Waals surface area contributed by atoms with Crippen molar-refractivity contribution in [2.75, 3.05) is 31.1 Å². The Morgan fingerprint density at radius 3 is 2.59 bits per heavy atom. The lowest BCUT2D eigenvalue weighted by Crippen LogP contribution is -2.51. The van der Waals surface area contributed by atoms with Gasteiger partial charge in [-0.3, -0.25) is 0 Å². The molecule has 17 heavy (non-hydrogen) atoms. The summed E-state index contributed by atoms with van der Waals surface area (Å²) in [5, 5.41) is 3.55.